The second-order valence-corrected chi connectivity index (χ2v) is 10.2. The van der Waals surface area contributed by atoms with E-state index in [9.17, 15) is 18.8 Å². The van der Waals surface area contributed by atoms with Crippen molar-refractivity contribution >= 4 is 28.8 Å². The lowest BCUT2D eigenvalue weighted by atomic mass is 9.91. The number of esters is 2. The number of cyclic esters (lactones) is 2. The predicted molar refractivity (Wildman–Crippen MR) is 137 cm³/mol. The number of nitrogens with zero attached hydrogens (tertiary/aromatic N) is 2. The minimum absolute atomic E-state index is 0.0396. The quantitative estimate of drug-likeness (QED) is 0.315. The molecule has 1 aromatic heterocycles. The number of rotatable bonds is 12. The van der Waals surface area contributed by atoms with E-state index in [1.807, 2.05) is 0 Å². The number of aromatic nitrogens is 1. The zero-order valence-electron chi connectivity index (χ0n) is 21.9. The second-order valence-electron chi connectivity index (χ2n) is 10.2. The Balaban J connectivity index is 1.30. The van der Waals surface area contributed by atoms with Crippen molar-refractivity contribution in [1.82, 2.24) is 10.1 Å². The fourth-order valence-electron chi connectivity index (χ4n) is 5.23. The van der Waals surface area contributed by atoms with Crippen LogP contribution >= 0.6 is 0 Å². The summed E-state index contributed by atoms with van der Waals surface area (Å²) in [7, 11) is 0. The molecule has 1 fully saturated rings. The van der Waals surface area contributed by atoms with Gasteiger partial charge in [-0.05, 0) is 50.9 Å². The van der Waals surface area contributed by atoms with Crippen LogP contribution in [0.25, 0.3) is 11.0 Å². The number of fused-ring (bicyclic) bond motifs is 1. The van der Waals surface area contributed by atoms with Gasteiger partial charge >= 0.3 is 23.6 Å². The molecule has 1 aromatic carbocycles. The fourth-order valence-corrected chi connectivity index (χ4v) is 5.23. The molecule has 1 unspecified atom stereocenters. The number of carbonyl (C=O) groups excluding carboxylic acids is 3. The summed E-state index contributed by atoms with van der Waals surface area (Å²) in [5, 5.41) is 4.57. The number of piperidine rings is 1. The number of carbonyl (C=O) groups is 3. The zero-order chi connectivity index (χ0) is 27.1. The summed E-state index contributed by atoms with van der Waals surface area (Å²) in [5.74, 6) is -4.91. The Morgan fingerprint density at radius 2 is 1.87 bits per heavy atom. The van der Waals surface area contributed by atoms with E-state index in [-0.39, 0.29) is 30.1 Å². The van der Waals surface area contributed by atoms with Gasteiger partial charge in [-0.15, -0.1) is 0 Å². The average molecular weight is 530 g/mol. The molecule has 9 nitrogen and oxygen atoms in total. The summed E-state index contributed by atoms with van der Waals surface area (Å²) in [6.07, 6.45) is 8.57. The highest BCUT2D eigenvalue weighted by Crippen LogP contribution is 2.34. The number of primary amides is 1. The SMILES string of the molecule is CCCCCCCCC1(C(N)=O)OC(=O)C=C(CCN2CCC(c3noc4cccc(F)c34)CC2)C(=O)O1. The molecule has 4 rings (SSSR count). The van der Waals surface area contributed by atoms with Gasteiger partial charge < -0.3 is 24.6 Å². The fraction of sp³-hybridized carbons (Fsp3) is 0.571. The maximum absolute atomic E-state index is 14.3. The molecule has 2 aliphatic rings. The third-order valence-corrected chi connectivity index (χ3v) is 7.46. The number of benzene rings is 1. The van der Waals surface area contributed by atoms with Crippen LogP contribution in [0, 0.1) is 5.82 Å². The lowest BCUT2D eigenvalue weighted by Gasteiger charge is -2.31. The molecule has 0 saturated carbocycles. The number of hydrogen-bond acceptors (Lipinski definition) is 8. The predicted octanol–water partition coefficient (Wildman–Crippen LogP) is 4.50. The third kappa shape index (κ3) is 6.40. The van der Waals surface area contributed by atoms with Gasteiger partial charge in [-0.3, -0.25) is 4.79 Å². The maximum Gasteiger partial charge on any atom is 0.338 e. The first kappa shape index (κ1) is 27.8. The van der Waals surface area contributed by atoms with E-state index < -0.39 is 23.6 Å². The van der Waals surface area contributed by atoms with Crippen LogP contribution in [0.4, 0.5) is 4.39 Å². The van der Waals surface area contributed by atoms with Gasteiger partial charge in [0.25, 0.3) is 0 Å². The lowest BCUT2D eigenvalue weighted by Crippen LogP contribution is -2.50. The molecule has 38 heavy (non-hydrogen) atoms. The number of hydrogen-bond donors (Lipinski definition) is 1. The highest BCUT2D eigenvalue weighted by Gasteiger charge is 2.46. The molecule has 206 valence electrons. The van der Waals surface area contributed by atoms with Crippen LogP contribution in [0.2, 0.25) is 0 Å². The lowest BCUT2D eigenvalue weighted by molar-refractivity contribution is -0.221. The molecule has 1 amide bonds. The molecule has 0 spiro atoms. The first-order chi connectivity index (χ1) is 18.3. The van der Waals surface area contributed by atoms with Crippen molar-refractivity contribution in [2.75, 3.05) is 19.6 Å². The van der Waals surface area contributed by atoms with Gasteiger partial charge in [0.2, 0.25) is 0 Å². The van der Waals surface area contributed by atoms with Crippen molar-refractivity contribution in [2.24, 2.45) is 5.73 Å². The Kier molecular flexibility index (Phi) is 9.14. The molecular weight excluding hydrogens is 493 g/mol. The van der Waals surface area contributed by atoms with E-state index in [0.29, 0.717) is 42.7 Å². The number of unbranched alkanes of at least 4 members (excludes halogenated alkanes) is 5. The summed E-state index contributed by atoms with van der Waals surface area (Å²) in [4.78, 5) is 39.8. The van der Waals surface area contributed by atoms with Crippen LogP contribution in [-0.2, 0) is 23.9 Å². The third-order valence-electron chi connectivity index (χ3n) is 7.46. The average Bonchev–Trinajstić information content (AvgIpc) is 3.29. The summed E-state index contributed by atoms with van der Waals surface area (Å²) < 4.78 is 30.4. The van der Waals surface area contributed by atoms with Gasteiger partial charge in [0.05, 0.1) is 11.1 Å². The van der Waals surface area contributed by atoms with Gasteiger partial charge in [-0.25, -0.2) is 14.0 Å². The van der Waals surface area contributed by atoms with E-state index in [0.717, 1.165) is 51.0 Å². The smallest absolute Gasteiger partial charge is 0.338 e. The van der Waals surface area contributed by atoms with Crippen LogP contribution in [0.3, 0.4) is 0 Å². The maximum atomic E-state index is 14.3. The topological polar surface area (TPSA) is 125 Å². The monoisotopic (exact) mass is 529 g/mol. The van der Waals surface area contributed by atoms with Gasteiger partial charge in [0, 0.05) is 30.5 Å². The van der Waals surface area contributed by atoms with Crippen molar-refractivity contribution in [2.45, 2.75) is 82.8 Å². The van der Waals surface area contributed by atoms with Crippen molar-refractivity contribution in [3.63, 3.8) is 0 Å². The van der Waals surface area contributed by atoms with Gasteiger partial charge in [0.15, 0.2) is 5.58 Å². The molecular formula is C28H36FN3O6. The minimum Gasteiger partial charge on any atom is -0.410 e. The van der Waals surface area contributed by atoms with E-state index in [1.165, 1.54) is 6.07 Å². The van der Waals surface area contributed by atoms with Crippen LogP contribution < -0.4 is 5.73 Å². The molecule has 2 aromatic rings. The van der Waals surface area contributed by atoms with Crippen LogP contribution in [-0.4, -0.2) is 53.3 Å². The molecule has 0 aliphatic carbocycles. The Labute approximate surface area is 221 Å². The highest BCUT2D eigenvalue weighted by atomic mass is 19.1. The minimum atomic E-state index is -2.08. The number of ether oxygens (including phenoxy) is 2. The van der Waals surface area contributed by atoms with E-state index in [2.05, 4.69) is 17.0 Å². The van der Waals surface area contributed by atoms with Crippen molar-refractivity contribution in [3.05, 3.63) is 41.4 Å². The van der Waals surface area contributed by atoms with Gasteiger partial charge in [-0.2, -0.15) is 0 Å². The van der Waals surface area contributed by atoms with Crippen molar-refractivity contribution in [1.29, 1.82) is 0 Å². The Morgan fingerprint density at radius 3 is 2.61 bits per heavy atom. The molecule has 0 bridgehead atoms. The summed E-state index contributed by atoms with van der Waals surface area (Å²) in [6.45, 7) is 4.06. The second kappa shape index (κ2) is 12.5. The molecule has 2 aliphatic heterocycles. The van der Waals surface area contributed by atoms with Crippen LogP contribution in [0.1, 0.15) is 82.7 Å². The Hall–Kier alpha value is -3.27. The van der Waals surface area contributed by atoms with Gasteiger partial charge in [-0.1, -0.05) is 50.3 Å². The van der Waals surface area contributed by atoms with Gasteiger partial charge in [0.1, 0.15) is 5.82 Å². The summed E-state index contributed by atoms with van der Waals surface area (Å²) in [5.41, 5.74) is 6.76. The standard InChI is InChI=1S/C28H36FN3O6/c1-2-3-4-5-6-7-14-28(27(30)35)36-23(33)18-20(26(34)37-28)13-17-32-15-11-19(12-16-32)25-24-21(29)9-8-10-22(24)38-31-25/h8-10,18-19H,2-7,11-17H2,1H3,(H2,30,35). The summed E-state index contributed by atoms with van der Waals surface area (Å²) in [6, 6.07) is 4.71. The van der Waals surface area contributed by atoms with E-state index in [1.54, 1.807) is 12.1 Å². The van der Waals surface area contributed by atoms with Crippen molar-refractivity contribution < 1.29 is 32.8 Å². The van der Waals surface area contributed by atoms with Crippen LogP contribution in [0.5, 0.6) is 0 Å². The Bertz CT molecular complexity index is 1190. The molecule has 10 heteroatoms. The number of likely N-dealkylation sites (tertiary alicyclic amines) is 1. The first-order valence-corrected chi connectivity index (χ1v) is 13.6. The van der Waals surface area contributed by atoms with E-state index >= 15 is 0 Å². The number of halogens is 1. The normalized spacial score (nSPS) is 21.2. The van der Waals surface area contributed by atoms with Crippen molar-refractivity contribution in [3.8, 4) is 0 Å². The number of nitrogens with two attached hydrogens (primary N) is 1. The number of amides is 1. The zero-order valence-corrected chi connectivity index (χ0v) is 21.9. The molecule has 2 N–H and O–H groups in total. The van der Waals surface area contributed by atoms with E-state index in [4.69, 9.17) is 19.7 Å². The molecule has 1 atom stereocenters. The summed E-state index contributed by atoms with van der Waals surface area (Å²) >= 11 is 0. The largest absolute Gasteiger partial charge is 0.410 e. The molecule has 3 heterocycles. The molecule has 0 radical (unpaired) electrons. The Morgan fingerprint density at radius 1 is 1.13 bits per heavy atom. The molecule has 1 saturated heterocycles. The first-order valence-electron chi connectivity index (χ1n) is 13.6. The highest BCUT2D eigenvalue weighted by molar-refractivity contribution is 6.01. The van der Waals surface area contributed by atoms with Crippen LogP contribution in [0.15, 0.2) is 34.4 Å².